The highest BCUT2D eigenvalue weighted by Gasteiger charge is 2.28. The molecule has 2 heterocycles. The highest BCUT2D eigenvalue weighted by molar-refractivity contribution is 5.76. The number of aliphatic carboxylic acids is 1. The van der Waals surface area contributed by atoms with E-state index in [9.17, 15) is 19.8 Å². The second kappa shape index (κ2) is 9.70. The van der Waals surface area contributed by atoms with Crippen LogP contribution >= 0.6 is 0 Å². The van der Waals surface area contributed by atoms with Crippen LogP contribution in [0.25, 0.3) is 22.0 Å². The number of benzene rings is 2. The predicted molar refractivity (Wildman–Crippen MR) is 124 cm³/mol. The van der Waals surface area contributed by atoms with E-state index in [0.29, 0.717) is 17.3 Å². The summed E-state index contributed by atoms with van der Waals surface area (Å²) >= 11 is 0. The van der Waals surface area contributed by atoms with Gasteiger partial charge >= 0.3 is 5.97 Å². The summed E-state index contributed by atoms with van der Waals surface area (Å²) in [7, 11) is 0. The number of carbonyl (C=O) groups is 1. The van der Waals surface area contributed by atoms with Crippen molar-refractivity contribution in [1.82, 2.24) is 20.0 Å². The van der Waals surface area contributed by atoms with Gasteiger partial charge in [0.25, 0.3) is 5.56 Å². The molecule has 168 valence electrons. The molecular weight excluding hydrogens is 420 g/mol. The number of fused-ring (bicyclic) bond motifs is 1. The maximum Gasteiger partial charge on any atom is 0.311 e. The van der Waals surface area contributed by atoms with Crippen molar-refractivity contribution in [1.29, 1.82) is 0 Å². The van der Waals surface area contributed by atoms with Gasteiger partial charge in [0, 0.05) is 17.5 Å². The number of carboxylic acid groups (broad SMARTS) is 1. The van der Waals surface area contributed by atoms with Crippen LogP contribution in [0.15, 0.2) is 71.7 Å². The molecule has 0 aliphatic rings. The summed E-state index contributed by atoms with van der Waals surface area (Å²) < 4.78 is 1.01. The SMILES string of the molecule is Cc1ccc(-c2ccc(CC[C@@H](O)[C@H](Cn3nnc4ccccc4c3=O)C(=O)O)cc2)cn1. The van der Waals surface area contributed by atoms with Crippen molar-refractivity contribution in [3.8, 4) is 11.1 Å². The first-order valence-corrected chi connectivity index (χ1v) is 10.7. The number of aryl methyl sites for hydroxylation is 2. The number of aromatic nitrogens is 4. The third-order valence-electron chi connectivity index (χ3n) is 5.71. The lowest BCUT2D eigenvalue weighted by Crippen LogP contribution is -2.37. The average Bonchev–Trinajstić information content (AvgIpc) is 2.83. The van der Waals surface area contributed by atoms with E-state index in [2.05, 4.69) is 15.3 Å². The zero-order chi connectivity index (χ0) is 23.4. The summed E-state index contributed by atoms with van der Waals surface area (Å²) in [6.45, 7) is 1.68. The molecule has 0 aliphatic heterocycles. The molecule has 2 N–H and O–H groups in total. The van der Waals surface area contributed by atoms with Gasteiger partial charge in [0.2, 0.25) is 0 Å². The molecule has 0 fully saturated rings. The van der Waals surface area contributed by atoms with Crippen LogP contribution in [0.4, 0.5) is 0 Å². The van der Waals surface area contributed by atoms with Crippen LogP contribution in [0, 0.1) is 12.8 Å². The molecule has 0 radical (unpaired) electrons. The van der Waals surface area contributed by atoms with Crippen molar-refractivity contribution in [2.45, 2.75) is 32.4 Å². The number of rotatable bonds is 8. The van der Waals surface area contributed by atoms with Crippen LogP contribution in [0.3, 0.4) is 0 Å². The quantitative estimate of drug-likeness (QED) is 0.429. The molecule has 8 nitrogen and oxygen atoms in total. The molecule has 0 saturated heterocycles. The minimum absolute atomic E-state index is 0.234. The number of carboxylic acids is 1. The van der Waals surface area contributed by atoms with Gasteiger partial charge in [-0.2, -0.15) is 0 Å². The van der Waals surface area contributed by atoms with Gasteiger partial charge in [0.15, 0.2) is 0 Å². The molecule has 2 aromatic carbocycles. The van der Waals surface area contributed by atoms with Crippen molar-refractivity contribution in [3.63, 3.8) is 0 Å². The van der Waals surface area contributed by atoms with Crippen LogP contribution in [0.5, 0.6) is 0 Å². The molecule has 2 aromatic heterocycles. The molecule has 4 rings (SSSR count). The van der Waals surface area contributed by atoms with Crippen LogP contribution in [-0.2, 0) is 17.8 Å². The molecule has 0 bridgehead atoms. The Balaban J connectivity index is 1.43. The smallest absolute Gasteiger partial charge is 0.311 e. The average molecular weight is 444 g/mol. The zero-order valence-corrected chi connectivity index (χ0v) is 18.1. The lowest BCUT2D eigenvalue weighted by molar-refractivity contribution is -0.146. The number of hydrogen-bond acceptors (Lipinski definition) is 6. The summed E-state index contributed by atoms with van der Waals surface area (Å²) in [5.41, 5.74) is 3.99. The van der Waals surface area contributed by atoms with Gasteiger partial charge in [-0.3, -0.25) is 14.6 Å². The van der Waals surface area contributed by atoms with Gasteiger partial charge in [0.1, 0.15) is 11.4 Å². The van der Waals surface area contributed by atoms with Gasteiger partial charge in [-0.15, -0.1) is 5.10 Å². The third kappa shape index (κ3) is 5.12. The van der Waals surface area contributed by atoms with Gasteiger partial charge in [-0.05, 0) is 49.1 Å². The molecule has 4 aromatic rings. The first kappa shape index (κ1) is 22.3. The Morgan fingerprint density at radius 1 is 1.03 bits per heavy atom. The molecule has 0 amide bonds. The van der Waals surface area contributed by atoms with Crippen molar-refractivity contribution in [2.75, 3.05) is 0 Å². The van der Waals surface area contributed by atoms with Crippen LogP contribution in [0.1, 0.15) is 17.7 Å². The lowest BCUT2D eigenvalue weighted by atomic mass is 9.95. The van der Waals surface area contributed by atoms with E-state index in [1.807, 2.05) is 49.5 Å². The fraction of sp³-hybridized carbons (Fsp3) is 0.240. The summed E-state index contributed by atoms with van der Waals surface area (Å²) in [6, 6.07) is 18.6. The molecule has 0 spiro atoms. The summed E-state index contributed by atoms with van der Waals surface area (Å²) in [4.78, 5) is 28.8. The molecule has 33 heavy (non-hydrogen) atoms. The standard InChI is InChI=1S/C25H24N4O4/c1-16-6-10-19(14-26-16)18-11-7-17(8-12-18)9-13-23(30)21(25(32)33)15-29-24(31)20-4-2-3-5-22(20)27-28-29/h2-8,10-12,14,21,23,30H,9,13,15H2,1H3,(H,32,33)/t21-,23+/m0/s1. The van der Waals surface area contributed by atoms with Gasteiger partial charge < -0.3 is 10.2 Å². The second-order valence-corrected chi connectivity index (χ2v) is 8.03. The fourth-order valence-corrected chi connectivity index (χ4v) is 3.71. The zero-order valence-electron chi connectivity index (χ0n) is 18.1. The summed E-state index contributed by atoms with van der Waals surface area (Å²) in [5, 5.41) is 28.5. The van der Waals surface area contributed by atoms with Crippen LogP contribution in [-0.4, -0.2) is 42.3 Å². The van der Waals surface area contributed by atoms with E-state index < -0.39 is 23.6 Å². The Labute approximate surface area is 190 Å². The second-order valence-electron chi connectivity index (χ2n) is 8.03. The number of aliphatic hydroxyl groups excluding tert-OH is 1. The largest absolute Gasteiger partial charge is 0.481 e. The minimum Gasteiger partial charge on any atom is -0.481 e. The summed E-state index contributed by atoms with van der Waals surface area (Å²) in [6.07, 6.45) is 1.40. The first-order valence-electron chi connectivity index (χ1n) is 10.7. The van der Waals surface area contributed by atoms with Gasteiger partial charge in [0.05, 0.1) is 18.0 Å². The van der Waals surface area contributed by atoms with E-state index in [0.717, 1.165) is 27.1 Å². The Kier molecular flexibility index (Phi) is 6.55. The molecule has 2 atom stereocenters. The topological polar surface area (TPSA) is 118 Å². The fourth-order valence-electron chi connectivity index (χ4n) is 3.71. The monoisotopic (exact) mass is 444 g/mol. The highest BCUT2D eigenvalue weighted by Crippen LogP contribution is 2.21. The van der Waals surface area contributed by atoms with E-state index in [4.69, 9.17) is 0 Å². The number of aliphatic hydroxyl groups is 1. The molecular formula is C25H24N4O4. The molecule has 0 saturated carbocycles. The Bertz CT molecular complexity index is 1320. The number of pyridine rings is 1. The van der Waals surface area contributed by atoms with Crippen molar-refractivity contribution >= 4 is 16.9 Å². The maximum absolute atomic E-state index is 12.6. The van der Waals surface area contributed by atoms with Crippen molar-refractivity contribution < 1.29 is 15.0 Å². The Morgan fingerprint density at radius 2 is 1.76 bits per heavy atom. The van der Waals surface area contributed by atoms with E-state index in [1.165, 1.54) is 0 Å². The van der Waals surface area contributed by atoms with Gasteiger partial charge in [-0.1, -0.05) is 47.7 Å². The Hall–Kier alpha value is -3.91. The van der Waals surface area contributed by atoms with Crippen LogP contribution < -0.4 is 5.56 Å². The lowest BCUT2D eigenvalue weighted by Gasteiger charge is -2.19. The number of nitrogens with zero attached hydrogens (tertiary/aromatic N) is 4. The van der Waals surface area contributed by atoms with Gasteiger partial charge in [-0.25, -0.2) is 4.68 Å². The highest BCUT2D eigenvalue weighted by atomic mass is 16.4. The first-order chi connectivity index (χ1) is 15.9. The molecule has 8 heteroatoms. The normalized spacial score (nSPS) is 13.0. The molecule has 0 aliphatic carbocycles. The van der Waals surface area contributed by atoms with E-state index in [-0.39, 0.29) is 13.0 Å². The number of hydrogen-bond donors (Lipinski definition) is 2. The van der Waals surface area contributed by atoms with Crippen LogP contribution in [0.2, 0.25) is 0 Å². The van der Waals surface area contributed by atoms with E-state index >= 15 is 0 Å². The minimum atomic E-state index is -1.19. The van der Waals surface area contributed by atoms with E-state index in [1.54, 1.807) is 24.3 Å². The third-order valence-corrected chi connectivity index (χ3v) is 5.71. The predicted octanol–water partition coefficient (Wildman–Crippen LogP) is 2.86. The molecule has 0 unspecified atom stereocenters. The van der Waals surface area contributed by atoms with Crippen molar-refractivity contribution in [2.24, 2.45) is 5.92 Å². The Morgan fingerprint density at radius 3 is 2.45 bits per heavy atom. The summed E-state index contributed by atoms with van der Waals surface area (Å²) in [5.74, 6) is -2.37. The van der Waals surface area contributed by atoms with Crippen molar-refractivity contribution in [3.05, 3.63) is 88.5 Å². The maximum atomic E-state index is 12.6.